The smallest absolute Gasteiger partial charge is 0.441 e. The number of amides is 1. The number of carbonyl (C=O) groups excluding carboxylic acids is 3. The van der Waals surface area contributed by atoms with Crippen molar-refractivity contribution in [1.29, 1.82) is 0 Å². The van der Waals surface area contributed by atoms with Crippen LogP contribution in [0.15, 0.2) is 30.3 Å². The van der Waals surface area contributed by atoms with Gasteiger partial charge in [0.05, 0.1) is 18.8 Å². The Labute approximate surface area is 206 Å². The van der Waals surface area contributed by atoms with Gasteiger partial charge in [-0.1, -0.05) is 43.7 Å². The third kappa shape index (κ3) is 6.33. The first-order chi connectivity index (χ1) is 16.5. The molecule has 1 aromatic carbocycles. The summed E-state index contributed by atoms with van der Waals surface area (Å²) in [4.78, 5) is 38.5. The second kappa shape index (κ2) is 12.1. The number of alkyl halides is 3. The number of unbranched alkanes of at least 4 members (excludes halogenated alkanes) is 1. The molecule has 2 rings (SSSR count). The molecule has 0 aliphatic rings. The van der Waals surface area contributed by atoms with Gasteiger partial charge >= 0.3 is 23.8 Å². The van der Waals surface area contributed by atoms with Gasteiger partial charge in [0.1, 0.15) is 5.00 Å². The minimum atomic E-state index is -5.31. The SMILES string of the molecule is CCCCC(=O)N[C@](Nc1sc(-c2ccccc2)c(C)c1C(=O)OCC)(C(=O)OCC)C(F)(F)F. The second-order valence-corrected chi connectivity index (χ2v) is 8.61. The quantitative estimate of drug-likeness (QED) is 0.306. The van der Waals surface area contributed by atoms with Crippen molar-refractivity contribution >= 4 is 34.2 Å². The van der Waals surface area contributed by atoms with Crippen LogP contribution in [0.25, 0.3) is 10.4 Å². The summed E-state index contributed by atoms with van der Waals surface area (Å²) in [5, 5.41) is 3.68. The number of hydrogen-bond acceptors (Lipinski definition) is 7. The molecule has 2 aromatic rings. The maximum atomic E-state index is 14.5. The Morgan fingerprint density at radius 1 is 1.00 bits per heavy atom. The molecule has 0 radical (unpaired) electrons. The van der Waals surface area contributed by atoms with E-state index in [2.05, 4.69) is 5.32 Å². The normalized spacial score (nSPS) is 13.0. The standard InChI is InChI=1S/C24H29F3N2O5S/c1-5-8-14-17(30)28-23(24(25,26)27,22(32)34-7-3)29-20-18(21(31)33-6-2)15(4)19(35-20)16-12-10-9-11-13-16/h9-13,29H,5-8,14H2,1-4H3,(H,28,30)/t23-/m0/s1. The van der Waals surface area contributed by atoms with Crippen molar-refractivity contribution in [1.82, 2.24) is 5.32 Å². The molecular formula is C24H29F3N2O5S. The van der Waals surface area contributed by atoms with Gasteiger partial charge in [0.15, 0.2) is 0 Å². The van der Waals surface area contributed by atoms with Gasteiger partial charge in [-0.15, -0.1) is 11.3 Å². The lowest BCUT2D eigenvalue weighted by Gasteiger charge is -2.35. The fraction of sp³-hybridized carbons (Fsp3) is 0.458. The Balaban J connectivity index is 2.71. The van der Waals surface area contributed by atoms with Crippen molar-refractivity contribution in [2.45, 2.75) is 58.8 Å². The highest BCUT2D eigenvalue weighted by molar-refractivity contribution is 7.20. The van der Waals surface area contributed by atoms with Crippen LogP contribution in [0.1, 0.15) is 56.0 Å². The zero-order chi connectivity index (χ0) is 26.2. The average Bonchev–Trinajstić information content (AvgIpc) is 3.12. The molecule has 35 heavy (non-hydrogen) atoms. The first kappa shape index (κ1) is 28.2. The average molecular weight is 515 g/mol. The summed E-state index contributed by atoms with van der Waals surface area (Å²) in [6, 6.07) is 8.76. The minimum absolute atomic E-state index is 0.00965. The predicted octanol–water partition coefficient (Wildman–Crippen LogP) is 5.44. The summed E-state index contributed by atoms with van der Waals surface area (Å²) >= 11 is 0.846. The Bertz CT molecular complexity index is 1040. The number of hydrogen-bond donors (Lipinski definition) is 2. The number of nitrogens with one attached hydrogen (secondary N) is 2. The highest BCUT2D eigenvalue weighted by Gasteiger charge is 2.64. The zero-order valence-electron chi connectivity index (χ0n) is 20.0. The Kier molecular flexibility index (Phi) is 9.70. The molecule has 11 heteroatoms. The summed E-state index contributed by atoms with van der Waals surface area (Å²) in [7, 11) is 0. The number of ether oxygens (including phenoxy) is 2. The van der Waals surface area contributed by atoms with Crippen molar-refractivity contribution in [3.05, 3.63) is 41.5 Å². The summed E-state index contributed by atoms with van der Waals surface area (Å²) in [5.74, 6) is -3.58. The van der Waals surface area contributed by atoms with Crippen molar-refractivity contribution in [3.8, 4) is 10.4 Å². The van der Waals surface area contributed by atoms with E-state index < -0.39 is 29.7 Å². The van der Waals surface area contributed by atoms with Gasteiger partial charge in [-0.3, -0.25) is 4.79 Å². The molecule has 0 saturated carbocycles. The van der Waals surface area contributed by atoms with Gasteiger partial charge in [0, 0.05) is 11.3 Å². The van der Waals surface area contributed by atoms with Gasteiger partial charge < -0.3 is 20.1 Å². The third-order valence-corrected chi connectivity index (χ3v) is 6.31. The molecular weight excluding hydrogens is 485 g/mol. The summed E-state index contributed by atoms with van der Waals surface area (Å²) in [6.45, 7) is 5.91. The number of carbonyl (C=O) groups is 3. The maximum Gasteiger partial charge on any atom is 0.441 e. The van der Waals surface area contributed by atoms with Gasteiger partial charge in [-0.2, -0.15) is 13.2 Å². The van der Waals surface area contributed by atoms with Crippen LogP contribution in [0.4, 0.5) is 18.2 Å². The van der Waals surface area contributed by atoms with Crippen LogP contribution in [-0.2, 0) is 19.1 Å². The number of benzene rings is 1. The van der Waals surface area contributed by atoms with Crippen LogP contribution >= 0.6 is 11.3 Å². The van der Waals surface area contributed by atoms with E-state index in [0.29, 0.717) is 28.8 Å². The fourth-order valence-electron chi connectivity index (χ4n) is 3.32. The van der Waals surface area contributed by atoms with Crippen LogP contribution in [0.2, 0.25) is 0 Å². The monoisotopic (exact) mass is 514 g/mol. The zero-order valence-corrected chi connectivity index (χ0v) is 20.8. The number of halogens is 3. The molecule has 0 aliphatic heterocycles. The van der Waals surface area contributed by atoms with E-state index in [1.54, 1.807) is 51.1 Å². The lowest BCUT2D eigenvalue weighted by Crippen LogP contribution is -2.69. The van der Waals surface area contributed by atoms with E-state index in [0.717, 1.165) is 11.3 Å². The van der Waals surface area contributed by atoms with Crippen LogP contribution in [0.3, 0.4) is 0 Å². The number of thiophene rings is 1. The van der Waals surface area contributed by atoms with Crippen LogP contribution in [-0.4, -0.2) is 42.9 Å². The molecule has 1 aromatic heterocycles. The Hall–Kier alpha value is -3.08. The first-order valence-corrected chi connectivity index (χ1v) is 12.0. The molecule has 0 aliphatic carbocycles. The molecule has 0 saturated heterocycles. The molecule has 2 N–H and O–H groups in total. The van der Waals surface area contributed by atoms with E-state index in [4.69, 9.17) is 9.47 Å². The van der Waals surface area contributed by atoms with E-state index in [1.807, 2.05) is 5.32 Å². The Morgan fingerprint density at radius 3 is 2.17 bits per heavy atom. The first-order valence-electron chi connectivity index (χ1n) is 11.2. The number of anilines is 1. The number of rotatable bonds is 11. The summed E-state index contributed by atoms with van der Waals surface area (Å²) in [6.07, 6.45) is -4.64. The fourth-order valence-corrected chi connectivity index (χ4v) is 4.58. The predicted molar refractivity (Wildman–Crippen MR) is 127 cm³/mol. The lowest BCUT2D eigenvalue weighted by atomic mass is 10.1. The third-order valence-electron chi connectivity index (χ3n) is 5.05. The van der Waals surface area contributed by atoms with Crippen molar-refractivity contribution in [2.75, 3.05) is 18.5 Å². The summed E-state index contributed by atoms with van der Waals surface area (Å²) < 4.78 is 53.4. The Morgan fingerprint density at radius 2 is 1.63 bits per heavy atom. The molecule has 192 valence electrons. The van der Waals surface area contributed by atoms with Crippen LogP contribution in [0, 0.1) is 6.92 Å². The van der Waals surface area contributed by atoms with E-state index >= 15 is 0 Å². The molecule has 0 spiro atoms. The second-order valence-electron chi connectivity index (χ2n) is 7.59. The molecule has 0 fully saturated rings. The highest BCUT2D eigenvalue weighted by atomic mass is 32.1. The van der Waals surface area contributed by atoms with Gasteiger partial charge in [0.25, 0.3) is 0 Å². The van der Waals surface area contributed by atoms with Crippen LogP contribution < -0.4 is 10.6 Å². The van der Waals surface area contributed by atoms with Gasteiger partial charge in [0.2, 0.25) is 5.91 Å². The summed E-state index contributed by atoms with van der Waals surface area (Å²) in [5.41, 5.74) is -2.73. The molecule has 0 unspecified atom stereocenters. The van der Waals surface area contributed by atoms with E-state index in [9.17, 15) is 27.6 Å². The maximum absolute atomic E-state index is 14.5. The molecule has 1 amide bonds. The lowest BCUT2D eigenvalue weighted by molar-refractivity contribution is -0.207. The van der Waals surface area contributed by atoms with E-state index in [1.165, 1.54) is 6.92 Å². The minimum Gasteiger partial charge on any atom is -0.463 e. The van der Waals surface area contributed by atoms with E-state index in [-0.39, 0.29) is 30.2 Å². The van der Waals surface area contributed by atoms with Gasteiger partial charge in [-0.25, -0.2) is 9.59 Å². The largest absolute Gasteiger partial charge is 0.463 e. The molecule has 1 heterocycles. The molecule has 0 bridgehead atoms. The van der Waals surface area contributed by atoms with Crippen molar-refractivity contribution in [2.24, 2.45) is 0 Å². The highest BCUT2D eigenvalue weighted by Crippen LogP contribution is 2.43. The van der Waals surface area contributed by atoms with Gasteiger partial charge in [-0.05, 0) is 38.3 Å². The molecule has 1 atom stereocenters. The molecule has 7 nitrogen and oxygen atoms in total. The van der Waals surface area contributed by atoms with Crippen molar-refractivity contribution in [3.63, 3.8) is 0 Å². The topological polar surface area (TPSA) is 93.7 Å². The van der Waals surface area contributed by atoms with Crippen LogP contribution in [0.5, 0.6) is 0 Å². The number of esters is 2. The van der Waals surface area contributed by atoms with Crippen molar-refractivity contribution < 1.29 is 37.0 Å².